The topological polar surface area (TPSA) is 54.6 Å². The third-order valence-electron chi connectivity index (χ3n) is 2.66. The van der Waals surface area contributed by atoms with Crippen molar-refractivity contribution in [3.8, 4) is 0 Å². The third kappa shape index (κ3) is 3.42. The van der Waals surface area contributed by atoms with E-state index < -0.39 is 0 Å². The fourth-order valence-corrected chi connectivity index (χ4v) is 2.33. The van der Waals surface area contributed by atoms with E-state index in [0.717, 1.165) is 16.2 Å². The minimum absolute atomic E-state index is 0.190. The second-order valence-corrected chi connectivity index (χ2v) is 5.01. The summed E-state index contributed by atoms with van der Waals surface area (Å²) >= 11 is 1.56. The first-order valence-corrected chi connectivity index (χ1v) is 6.64. The van der Waals surface area contributed by atoms with Crippen molar-refractivity contribution in [2.75, 3.05) is 0 Å². The maximum atomic E-state index is 11.8. The van der Waals surface area contributed by atoms with E-state index in [1.54, 1.807) is 35.8 Å². The van der Waals surface area contributed by atoms with E-state index in [1.807, 2.05) is 25.3 Å². The van der Waals surface area contributed by atoms with E-state index in [-0.39, 0.29) is 5.91 Å². The first kappa shape index (κ1) is 13.3. The van der Waals surface area contributed by atoms with E-state index >= 15 is 0 Å². The number of rotatable bonds is 4. The second-order valence-electron chi connectivity index (χ2n) is 3.92. The minimum atomic E-state index is -0.190. The van der Waals surface area contributed by atoms with Crippen LogP contribution in [0.1, 0.15) is 26.6 Å². The van der Waals surface area contributed by atoms with Gasteiger partial charge in [-0.2, -0.15) is 5.10 Å². The van der Waals surface area contributed by atoms with Gasteiger partial charge in [0.25, 0.3) is 5.91 Å². The fraction of sp³-hybridized carbons (Fsp3) is 0.143. The molecule has 2 aromatic heterocycles. The van der Waals surface area contributed by atoms with Gasteiger partial charge in [0, 0.05) is 16.5 Å². The molecule has 0 aliphatic carbocycles. The maximum Gasteiger partial charge on any atom is 0.272 e. The van der Waals surface area contributed by atoms with Gasteiger partial charge in [0.15, 0.2) is 0 Å². The summed E-state index contributed by atoms with van der Waals surface area (Å²) < 4.78 is 5.11. The molecule has 0 aliphatic rings. The third-order valence-corrected chi connectivity index (χ3v) is 3.67. The van der Waals surface area contributed by atoms with Crippen LogP contribution in [0.15, 0.2) is 39.4 Å². The number of furan rings is 1. The van der Waals surface area contributed by atoms with E-state index in [9.17, 15) is 4.79 Å². The molecule has 5 heteroatoms. The Morgan fingerprint density at radius 1 is 1.47 bits per heavy atom. The highest BCUT2D eigenvalue weighted by Crippen LogP contribution is 2.20. The van der Waals surface area contributed by atoms with Gasteiger partial charge >= 0.3 is 0 Å². The van der Waals surface area contributed by atoms with Crippen molar-refractivity contribution in [2.24, 2.45) is 5.10 Å². The number of amides is 1. The van der Waals surface area contributed by atoms with Gasteiger partial charge in [-0.05, 0) is 43.7 Å². The molecule has 0 aromatic carbocycles. The van der Waals surface area contributed by atoms with Crippen LogP contribution in [-0.4, -0.2) is 12.1 Å². The zero-order valence-corrected chi connectivity index (χ0v) is 11.5. The summed E-state index contributed by atoms with van der Waals surface area (Å²) in [5.74, 6) is 0.548. The lowest BCUT2D eigenvalue weighted by molar-refractivity contribution is 0.0955. The summed E-state index contributed by atoms with van der Waals surface area (Å²) in [6.45, 7) is 3.92. The highest BCUT2D eigenvalue weighted by molar-refractivity contribution is 7.10. The molecular formula is C14H14N2O2S. The highest BCUT2D eigenvalue weighted by Gasteiger charge is 2.10. The van der Waals surface area contributed by atoms with Crippen LogP contribution < -0.4 is 5.43 Å². The van der Waals surface area contributed by atoms with Crippen molar-refractivity contribution in [1.82, 2.24) is 5.43 Å². The number of thiophene rings is 1. The van der Waals surface area contributed by atoms with Crippen molar-refractivity contribution >= 4 is 29.5 Å². The molecule has 0 saturated carbocycles. The Labute approximate surface area is 115 Å². The Morgan fingerprint density at radius 2 is 2.32 bits per heavy atom. The number of hydrazone groups is 1. The number of carbonyl (C=O) groups excluding carboxylic acids is 1. The molecule has 0 atom stereocenters. The molecule has 2 aromatic rings. The Bertz CT molecular complexity index is 609. The molecule has 0 unspecified atom stereocenters. The van der Waals surface area contributed by atoms with Gasteiger partial charge in [-0.1, -0.05) is 0 Å². The SMILES string of the molecule is Cc1scc(C(=O)N/N=C\C=C\c2ccco2)c1C. The summed E-state index contributed by atoms with van der Waals surface area (Å²) in [5, 5.41) is 5.69. The number of nitrogens with zero attached hydrogens (tertiary/aromatic N) is 1. The van der Waals surface area contributed by atoms with Crippen molar-refractivity contribution in [1.29, 1.82) is 0 Å². The minimum Gasteiger partial charge on any atom is -0.465 e. The van der Waals surface area contributed by atoms with Gasteiger partial charge in [0.1, 0.15) is 5.76 Å². The largest absolute Gasteiger partial charge is 0.465 e. The van der Waals surface area contributed by atoms with Crippen LogP contribution in [0.3, 0.4) is 0 Å². The van der Waals surface area contributed by atoms with Crippen LogP contribution in [0.25, 0.3) is 6.08 Å². The average Bonchev–Trinajstić information content (AvgIpc) is 3.01. The Kier molecular flexibility index (Phi) is 4.30. The van der Waals surface area contributed by atoms with Gasteiger partial charge in [-0.25, -0.2) is 5.43 Å². The molecule has 98 valence electrons. The molecule has 0 saturated heterocycles. The monoisotopic (exact) mass is 274 g/mol. The Morgan fingerprint density at radius 3 is 2.95 bits per heavy atom. The molecule has 1 N–H and O–H groups in total. The van der Waals surface area contributed by atoms with Crippen molar-refractivity contribution in [3.05, 3.63) is 51.6 Å². The fourth-order valence-electron chi connectivity index (χ4n) is 1.46. The predicted molar refractivity (Wildman–Crippen MR) is 77.5 cm³/mol. The molecule has 2 heterocycles. The molecular weight excluding hydrogens is 260 g/mol. The second kappa shape index (κ2) is 6.15. The molecule has 4 nitrogen and oxygen atoms in total. The number of nitrogens with one attached hydrogen (secondary N) is 1. The summed E-state index contributed by atoms with van der Waals surface area (Å²) in [4.78, 5) is 13.0. The number of hydrogen-bond donors (Lipinski definition) is 1. The molecule has 0 aliphatic heterocycles. The van der Waals surface area contributed by atoms with E-state index in [4.69, 9.17) is 4.42 Å². The molecule has 1 amide bonds. The average molecular weight is 274 g/mol. The van der Waals surface area contributed by atoms with Crippen LogP contribution >= 0.6 is 11.3 Å². The Balaban J connectivity index is 1.88. The van der Waals surface area contributed by atoms with Gasteiger partial charge in [-0.15, -0.1) is 11.3 Å². The maximum absolute atomic E-state index is 11.8. The predicted octanol–water partition coefficient (Wildman–Crippen LogP) is 3.39. The number of hydrogen-bond acceptors (Lipinski definition) is 4. The van der Waals surface area contributed by atoms with Crippen LogP contribution in [0, 0.1) is 13.8 Å². The molecule has 0 radical (unpaired) electrons. The van der Waals surface area contributed by atoms with Gasteiger partial charge in [0.2, 0.25) is 0 Å². The van der Waals surface area contributed by atoms with E-state index in [1.165, 1.54) is 6.21 Å². The van der Waals surface area contributed by atoms with Crippen LogP contribution in [0.4, 0.5) is 0 Å². The number of carbonyl (C=O) groups is 1. The lowest BCUT2D eigenvalue weighted by Crippen LogP contribution is -2.17. The summed E-state index contributed by atoms with van der Waals surface area (Å²) in [5.41, 5.74) is 4.17. The number of allylic oxidation sites excluding steroid dienone is 1. The van der Waals surface area contributed by atoms with Gasteiger partial charge in [-0.3, -0.25) is 4.79 Å². The normalized spacial score (nSPS) is 11.5. The summed E-state index contributed by atoms with van der Waals surface area (Å²) in [6.07, 6.45) is 6.57. The van der Waals surface area contributed by atoms with Crippen molar-refractivity contribution in [3.63, 3.8) is 0 Å². The summed E-state index contributed by atoms with van der Waals surface area (Å²) in [7, 11) is 0. The molecule has 0 bridgehead atoms. The first-order valence-electron chi connectivity index (χ1n) is 5.76. The van der Waals surface area contributed by atoms with Gasteiger partial charge in [0.05, 0.1) is 11.8 Å². The zero-order valence-electron chi connectivity index (χ0n) is 10.7. The van der Waals surface area contributed by atoms with Crippen LogP contribution in [-0.2, 0) is 0 Å². The lowest BCUT2D eigenvalue weighted by Gasteiger charge is -1.98. The molecule has 19 heavy (non-hydrogen) atoms. The van der Waals surface area contributed by atoms with Crippen LogP contribution in [0.2, 0.25) is 0 Å². The van der Waals surface area contributed by atoms with Crippen LogP contribution in [0.5, 0.6) is 0 Å². The molecule has 2 rings (SSSR count). The summed E-state index contributed by atoms with van der Waals surface area (Å²) in [6, 6.07) is 3.64. The van der Waals surface area contributed by atoms with Crippen molar-refractivity contribution in [2.45, 2.75) is 13.8 Å². The quantitative estimate of drug-likeness (QED) is 0.686. The smallest absolute Gasteiger partial charge is 0.272 e. The standard InChI is InChI=1S/C14H14N2O2S/c1-10-11(2)19-9-13(10)14(17)16-15-7-3-5-12-6-4-8-18-12/h3-9H,1-2H3,(H,16,17)/b5-3+,15-7-. The molecule has 0 fully saturated rings. The van der Waals surface area contributed by atoms with Gasteiger partial charge < -0.3 is 4.42 Å². The Hall–Kier alpha value is -2.14. The number of aryl methyl sites for hydroxylation is 1. The van der Waals surface area contributed by atoms with E-state index in [0.29, 0.717) is 5.56 Å². The molecule has 0 spiro atoms. The first-order chi connectivity index (χ1) is 9.18. The zero-order chi connectivity index (χ0) is 13.7. The van der Waals surface area contributed by atoms with Crippen molar-refractivity contribution < 1.29 is 9.21 Å². The lowest BCUT2D eigenvalue weighted by atomic mass is 10.2. The highest BCUT2D eigenvalue weighted by atomic mass is 32.1. The van der Waals surface area contributed by atoms with E-state index in [2.05, 4.69) is 10.5 Å².